The number of halogens is 1. The number of ether oxygens (including phenoxy) is 1. The zero-order valence-corrected chi connectivity index (χ0v) is 21.3. The van der Waals surface area contributed by atoms with Crippen molar-refractivity contribution in [2.75, 3.05) is 6.61 Å². The van der Waals surface area contributed by atoms with E-state index in [0.717, 1.165) is 41.3 Å². The lowest BCUT2D eigenvalue weighted by atomic mass is 10.0. The third-order valence-electron chi connectivity index (χ3n) is 6.34. The van der Waals surface area contributed by atoms with Gasteiger partial charge >= 0.3 is 0 Å². The van der Waals surface area contributed by atoms with Gasteiger partial charge in [0.2, 0.25) is 5.91 Å². The highest BCUT2D eigenvalue weighted by Crippen LogP contribution is 2.21. The van der Waals surface area contributed by atoms with Crippen LogP contribution >= 0.6 is 15.9 Å². The van der Waals surface area contributed by atoms with Gasteiger partial charge in [0.1, 0.15) is 11.8 Å². The first-order chi connectivity index (χ1) is 17.1. The Morgan fingerprint density at radius 3 is 2.11 bits per heavy atom. The Morgan fingerprint density at radius 2 is 1.49 bits per heavy atom. The van der Waals surface area contributed by atoms with E-state index < -0.39 is 6.04 Å². The molecule has 4 rings (SSSR count). The average molecular weight is 535 g/mol. The van der Waals surface area contributed by atoms with Crippen molar-refractivity contribution < 1.29 is 14.3 Å². The number of amides is 2. The van der Waals surface area contributed by atoms with Crippen LogP contribution in [0.1, 0.15) is 36.8 Å². The third-order valence-corrected chi connectivity index (χ3v) is 6.87. The second-order valence-corrected chi connectivity index (χ2v) is 9.86. The summed E-state index contributed by atoms with van der Waals surface area (Å²) in [6.45, 7) is 0.190. The number of hydrogen-bond donors (Lipinski definition) is 1. The highest BCUT2D eigenvalue weighted by atomic mass is 79.9. The van der Waals surface area contributed by atoms with Gasteiger partial charge in [-0.2, -0.15) is 0 Å². The van der Waals surface area contributed by atoms with Crippen molar-refractivity contribution in [3.05, 3.63) is 101 Å². The molecule has 0 spiro atoms. The van der Waals surface area contributed by atoms with Crippen LogP contribution in [-0.4, -0.2) is 35.4 Å². The van der Waals surface area contributed by atoms with Crippen LogP contribution in [0.15, 0.2) is 89.4 Å². The summed E-state index contributed by atoms with van der Waals surface area (Å²) in [6.07, 6.45) is 4.67. The van der Waals surface area contributed by atoms with Crippen LogP contribution in [0.2, 0.25) is 0 Å². The standard InChI is InChI=1S/C29H31BrN2O3/c30-24-15-17-26(18-16-24)35-21-28(33)32(20-23-11-5-2-6-12-23)27(19-22-9-3-1-4-10-22)29(34)31-25-13-7-8-14-25/h1-6,9-12,15-18,25,27H,7-8,13-14,19-21H2,(H,31,34). The fraction of sp³-hybridized carbons (Fsp3) is 0.310. The number of benzene rings is 3. The lowest BCUT2D eigenvalue weighted by Crippen LogP contribution is -2.53. The molecule has 3 aromatic rings. The normalized spacial score (nSPS) is 14.3. The van der Waals surface area contributed by atoms with E-state index in [1.807, 2.05) is 84.9 Å². The molecule has 1 fully saturated rings. The minimum absolute atomic E-state index is 0.103. The Kier molecular flexibility index (Phi) is 8.96. The van der Waals surface area contributed by atoms with E-state index in [9.17, 15) is 9.59 Å². The maximum Gasteiger partial charge on any atom is 0.261 e. The number of nitrogens with one attached hydrogen (secondary N) is 1. The van der Waals surface area contributed by atoms with Gasteiger partial charge in [-0.1, -0.05) is 89.4 Å². The quantitative estimate of drug-likeness (QED) is 0.372. The lowest BCUT2D eigenvalue weighted by molar-refractivity contribution is -0.143. The van der Waals surface area contributed by atoms with E-state index in [2.05, 4.69) is 21.2 Å². The topological polar surface area (TPSA) is 58.6 Å². The summed E-state index contributed by atoms with van der Waals surface area (Å²) in [5.41, 5.74) is 1.98. The predicted molar refractivity (Wildman–Crippen MR) is 141 cm³/mol. The molecule has 0 heterocycles. The van der Waals surface area contributed by atoms with Crippen LogP contribution in [0.4, 0.5) is 0 Å². The molecule has 0 bridgehead atoms. The minimum Gasteiger partial charge on any atom is -0.484 e. The van der Waals surface area contributed by atoms with Crippen LogP contribution in [-0.2, 0) is 22.6 Å². The summed E-state index contributed by atoms with van der Waals surface area (Å²) in [6, 6.07) is 26.6. The second kappa shape index (κ2) is 12.5. The smallest absolute Gasteiger partial charge is 0.261 e. The van der Waals surface area contributed by atoms with E-state index in [-0.39, 0.29) is 24.5 Å². The van der Waals surface area contributed by atoms with Gasteiger partial charge in [0, 0.05) is 23.5 Å². The van der Waals surface area contributed by atoms with Crippen molar-refractivity contribution >= 4 is 27.7 Å². The average Bonchev–Trinajstić information content (AvgIpc) is 3.40. The molecule has 0 aliphatic heterocycles. The third kappa shape index (κ3) is 7.43. The first-order valence-electron chi connectivity index (χ1n) is 12.1. The van der Waals surface area contributed by atoms with Gasteiger partial charge < -0.3 is 15.0 Å². The molecule has 1 saturated carbocycles. The Balaban J connectivity index is 1.58. The van der Waals surface area contributed by atoms with Crippen molar-refractivity contribution in [2.24, 2.45) is 0 Å². The van der Waals surface area contributed by atoms with Gasteiger partial charge in [-0.25, -0.2) is 0 Å². The fourth-order valence-electron chi connectivity index (χ4n) is 4.46. The van der Waals surface area contributed by atoms with Gasteiger partial charge in [0.25, 0.3) is 5.91 Å². The van der Waals surface area contributed by atoms with Crippen LogP contribution in [0.3, 0.4) is 0 Å². The molecule has 35 heavy (non-hydrogen) atoms. The largest absolute Gasteiger partial charge is 0.484 e. The number of nitrogens with zero attached hydrogens (tertiary/aromatic N) is 1. The molecule has 1 aliphatic rings. The number of rotatable bonds is 10. The van der Waals surface area contributed by atoms with Crippen LogP contribution in [0.5, 0.6) is 5.75 Å². The maximum atomic E-state index is 13.6. The highest BCUT2D eigenvalue weighted by molar-refractivity contribution is 9.10. The van der Waals surface area contributed by atoms with Gasteiger partial charge in [-0.15, -0.1) is 0 Å². The van der Waals surface area contributed by atoms with E-state index in [1.165, 1.54) is 0 Å². The molecule has 3 aromatic carbocycles. The zero-order chi connectivity index (χ0) is 24.5. The highest BCUT2D eigenvalue weighted by Gasteiger charge is 2.32. The van der Waals surface area contributed by atoms with Gasteiger partial charge in [0.05, 0.1) is 0 Å². The van der Waals surface area contributed by atoms with Crippen LogP contribution in [0, 0.1) is 0 Å². The molecule has 1 N–H and O–H groups in total. The van der Waals surface area contributed by atoms with Crippen molar-refractivity contribution in [1.82, 2.24) is 10.2 Å². The molecule has 0 aromatic heterocycles. The zero-order valence-electron chi connectivity index (χ0n) is 19.7. The summed E-state index contributed by atoms with van der Waals surface area (Å²) >= 11 is 3.41. The first kappa shape index (κ1) is 25.0. The number of carbonyl (C=O) groups excluding carboxylic acids is 2. The molecule has 1 aliphatic carbocycles. The molecular formula is C29H31BrN2O3. The van der Waals surface area contributed by atoms with E-state index >= 15 is 0 Å². The predicted octanol–water partition coefficient (Wildman–Crippen LogP) is 5.53. The van der Waals surface area contributed by atoms with Gasteiger partial charge in [-0.3, -0.25) is 9.59 Å². The van der Waals surface area contributed by atoms with E-state index in [4.69, 9.17) is 4.74 Å². The fourth-order valence-corrected chi connectivity index (χ4v) is 4.72. The number of hydrogen-bond acceptors (Lipinski definition) is 3. The molecule has 1 atom stereocenters. The second-order valence-electron chi connectivity index (χ2n) is 8.95. The summed E-state index contributed by atoms with van der Waals surface area (Å²) < 4.78 is 6.75. The summed E-state index contributed by atoms with van der Waals surface area (Å²) in [4.78, 5) is 28.8. The van der Waals surface area contributed by atoms with Crippen molar-refractivity contribution in [2.45, 2.75) is 50.7 Å². The molecule has 1 unspecified atom stereocenters. The van der Waals surface area contributed by atoms with Crippen LogP contribution < -0.4 is 10.1 Å². The summed E-state index contributed by atoms with van der Waals surface area (Å²) in [5.74, 6) is 0.282. The molecule has 0 saturated heterocycles. The lowest BCUT2D eigenvalue weighted by Gasteiger charge is -2.32. The number of carbonyl (C=O) groups is 2. The molecule has 5 nitrogen and oxygen atoms in total. The molecule has 182 valence electrons. The Labute approximate surface area is 215 Å². The van der Waals surface area contributed by atoms with Crippen molar-refractivity contribution in [3.63, 3.8) is 0 Å². The molecule has 0 radical (unpaired) electrons. The monoisotopic (exact) mass is 534 g/mol. The Hall–Kier alpha value is -3.12. The SMILES string of the molecule is O=C(NC1CCCC1)C(Cc1ccccc1)N(Cc1ccccc1)C(=O)COc1ccc(Br)cc1. The molecular weight excluding hydrogens is 504 g/mol. The minimum atomic E-state index is -0.640. The summed E-state index contributed by atoms with van der Waals surface area (Å²) in [7, 11) is 0. The summed E-state index contributed by atoms with van der Waals surface area (Å²) in [5, 5.41) is 3.22. The Morgan fingerprint density at radius 1 is 0.886 bits per heavy atom. The van der Waals surface area contributed by atoms with Crippen LogP contribution in [0.25, 0.3) is 0 Å². The van der Waals surface area contributed by atoms with Crippen molar-refractivity contribution in [3.8, 4) is 5.75 Å². The van der Waals surface area contributed by atoms with E-state index in [1.54, 1.807) is 4.90 Å². The Bertz CT molecular complexity index is 1080. The maximum absolute atomic E-state index is 13.6. The molecule has 2 amide bonds. The van der Waals surface area contributed by atoms with Gasteiger partial charge in [0.15, 0.2) is 6.61 Å². The van der Waals surface area contributed by atoms with Gasteiger partial charge in [-0.05, 0) is 48.2 Å². The molecule has 6 heteroatoms. The van der Waals surface area contributed by atoms with E-state index in [0.29, 0.717) is 18.7 Å². The first-order valence-corrected chi connectivity index (χ1v) is 12.9. The van der Waals surface area contributed by atoms with Crippen molar-refractivity contribution in [1.29, 1.82) is 0 Å².